The zero-order valence-electron chi connectivity index (χ0n) is 12.9. The fourth-order valence-electron chi connectivity index (χ4n) is 3.77. The number of nitrogens with zero attached hydrogens (tertiary/aromatic N) is 2. The van der Waals surface area contributed by atoms with Crippen LogP contribution in [0.25, 0.3) is 0 Å². The van der Waals surface area contributed by atoms with Crippen molar-refractivity contribution >= 4 is 11.4 Å². The van der Waals surface area contributed by atoms with Gasteiger partial charge in [0.05, 0.1) is 4.92 Å². The van der Waals surface area contributed by atoms with Gasteiger partial charge in [0.15, 0.2) is 0 Å². The quantitative estimate of drug-likeness (QED) is 0.685. The molecular weight excluding hydrogens is 304 g/mol. The Morgan fingerprint density at radius 2 is 2.09 bits per heavy atom. The van der Waals surface area contributed by atoms with E-state index in [1.165, 1.54) is 6.07 Å². The summed E-state index contributed by atoms with van der Waals surface area (Å²) in [5.74, 6) is -3.34. The number of nitro benzene ring substituents is 1. The molecule has 7 heteroatoms. The van der Waals surface area contributed by atoms with Gasteiger partial charge in [-0.1, -0.05) is 18.6 Å². The second-order valence-corrected chi connectivity index (χ2v) is 6.37. The van der Waals surface area contributed by atoms with E-state index in [0.29, 0.717) is 38.2 Å². The first kappa shape index (κ1) is 16.1. The fourth-order valence-corrected chi connectivity index (χ4v) is 3.77. The topological polar surface area (TPSA) is 58.4 Å². The van der Waals surface area contributed by atoms with E-state index in [1.807, 2.05) is 4.90 Å². The van der Waals surface area contributed by atoms with E-state index >= 15 is 0 Å². The van der Waals surface area contributed by atoms with Gasteiger partial charge in [0.1, 0.15) is 5.69 Å². The molecule has 0 amide bonds. The lowest BCUT2D eigenvalue weighted by molar-refractivity contribution is -0.384. The third-order valence-electron chi connectivity index (χ3n) is 4.93. The van der Waals surface area contributed by atoms with Crippen LogP contribution in [0.2, 0.25) is 0 Å². The van der Waals surface area contributed by atoms with E-state index in [2.05, 4.69) is 5.32 Å². The van der Waals surface area contributed by atoms with Crippen LogP contribution in [0.3, 0.4) is 0 Å². The van der Waals surface area contributed by atoms with E-state index in [1.54, 1.807) is 18.2 Å². The van der Waals surface area contributed by atoms with Gasteiger partial charge in [-0.2, -0.15) is 0 Å². The molecule has 2 fully saturated rings. The molecule has 1 aliphatic carbocycles. The van der Waals surface area contributed by atoms with Crippen molar-refractivity contribution in [2.75, 3.05) is 24.5 Å². The zero-order valence-corrected chi connectivity index (χ0v) is 12.9. The number of halogens is 2. The highest BCUT2D eigenvalue weighted by atomic mass is 19.3. The van der Waals surface area contributed by atoms with Crippen LogP contribution in [0.15, 0.2) is 24.3 Å². The van der Waals surface area contributed by atoms with Crippen LogP contribution >= 0.6 is 0 Å². The van der Waals surface area contributed by atoms with E-state index < -0.39 is 16.8 Å². The Kier molecular flexibility index (Phi) is 4.48. The summed E-state index contributed by atoms with van der Waals surface area (Å²) in [4.78, 5) is 12.6. The summed E-state index contributed by atoms with van der Waals surface area (Å²) < 4.78 is 28.4. The molecule has 1 aromatic carbocycles. The Hall–Kier alpha value is -1.76. The van der Waals surface area contributed by atoms with Crippen molar-refractivity contribution in [1.29, 1.82) is 0 Å². The van der Waals surface area contributed by atoms with Crippen LogP contribution < -0.4 is 10.2 Å². The number of hydrogen-bond donors (Lipinski definition) is 1. The highest BCUT2D eigenvalue weighted by molar-refractivity contribution is 5.63. The van der Waals surface area contributed by atoms with Gasteiger partial charge in [0.2, 0.25) is 0 Å². The molecule has 0 radical (unpaired) electrons. The van der Waals surface area contributed by atoms with Crippen LogP contribution in [0, 0.1) is 16.0 Å². The van der Waals surface area contributed by atoms with Gasteiger partial charge in [-0.15, -0.1) is 0 Å². The number of hydrogen-bond acceptors (Lipinski definition) is 4. The summed E-state index contributed by atoms with van der Waals surface area (Å²) in [6.07, 6.45) is 1.85. The maximum Gasteiger partial charge on any atom is 0.292 e. The van der Waals surface area contributed by atoms with Gasteiger partial charge in [-0.05, 0) is 18.9 Å². The molecule has 0 aromatic heterocycles. The maximum absolute atomic E-state index is 14.2. The molecule has 1 aromatic rings. The third kappa shape index (κ3) is 3.29. The summed E-state index contributed by atoms with van der Waals surface area (Å²) >= 11 is 0. The van der Waals surface area contributed by atoms with Crippen LogP contribution in [0.4, 0.5) is 20.2 Å². The Morgan fingerprint density at radius 3 is 2.83 bits per heavy atom. The SMILES string of the molecule is O=[N+]([O-])c1ccccc1N1CCNC(C2CCCCC2(F)F)C1. The van der Waals surface area contributed by atoms with Crippen molar-refractivity contribution in [2.45, 2.75) is 37.6 Å². The van der Waals surface area contributed by atoms with Gasteiger partial charge in [-0.25, -0.2) is 8.78 Å². The standard InChI is InChI=1S/C16H21F2N3O2/c17-16(18)8-4-3-5-12(16)13-11-20(10-9-19-13)14-6-1-2-7-15(14)21(22)23/h1-2,6-7,12-13,19H,3-5,8-11H2. The van der Waals surface area contributed by atoms with Crippen molar-refractivity contribution in [2.24, 2.45) is 5.92 Å². The lowest BCUT2D eigenvalue weighted by Crippen LogP contribution is -2.58. The maximum atomic E-state index is 14.2. The number of anilines is 1. The van der Waals surface area contributed by atoms with E-state index in [-0.39, 0.29) is 18.2 Å². The Labute approximate surface area is 133 Å². The molecule has 1 aliphatic heterocycles. The number of piperazine rings is 1. The minimum Gasteiger partial charge on any atom is -0.363 e. The normalized spacial score (nSPS) is 27.7. The van der Waals surface area contributed by atoms with Crippen LogP contribution in [-0.4, -0.2) is 36.5 Å². The molecule has 1 heterocycles. The van der Waals surface area contributed by atoms with Gasteiger partial charge in [-0.3, -0.25) is 10.1 Å². The minimum absolute atomic E-state index is 0.0311. The molecule has 2 unspecified atom stereocenters. The van der Waals surface area contributed by atoms with E-state index in [9.17, 15) is 18.9 Å². The largest absolute Gasteiger partial charge is 0.363 e. The molecule has 0 bridgehead atoms. The van der Waals surface area contributed by atoms with Crippen LogP contribution in [-0.2, 0) is 0 Å². The summed E-state index contributed by atoms with van der Waals surface area (Å²) in [6, 6.07) is 6.19. The van der Waals surface area contributed by atoms with Crippen molar-refractivity contribution in [1.82, 2.24) is 5.32 Å². The van der Waals surface area contributed by atoms with E-state index in [4.69, 9.17) is 0 Å². The summed E-state index contributed by atoms with van der Waals surface area (Å²) in [5.41, 5.74) is 0.548. The summed E-state index contributed by atoms with van der Waals surface area (Å²) in [6.45, 7) is 1.52. The van der Waals surface area contributed by atoms with E-state index in [0.717, 1.165) is 6.42 Å². The number of benzene rings is 1. The smallest absolute Gasteiger partial charge is 0.292 e. The number of alkyl halides is 2. The monoisotopic (exact) mass is 325 g/mol. The second kappa shape index (κ2) is 6.39. The minimum atomic E-state index is -2.65. The molecule has 1 N–H and O–H groups in total. The molecule has 2 aliphatic rings. The lowest BCUT2D eigenvalue weighted by atomic mass is 9.80. The highest BCUT2D eigenvalue weighted by Gasteiger charge is 2.46. The van der Waals surface area contributed by atoms with Gasteiger partial charge >= 0.3 is 0 Å². The number of para-hydroxylation sites is 2. The predicted molar refractivity (Wildman–Crippen MR) is 84.0 cm³/mol. The first-order valence-corrected chi connectivity index (χ1v) is 8.08. The molecule has 1 saturated carbocycles. The Bertz CT molecular complexity index is 582. The molecule has 0 spiro atoms. The first-order valence-electron chi connectivity index (χ1n) is 8.08. The second-order valence-electron chi connectivity index (χ2n) is 6.37. The van der Waals surface area contributed by atoms with Gasteiger partial charge in [0, 0.05) is 44.1 Å². The zero-order chi connectivity index (χ0) is 16.4. The molecule has 3 rings (SSSR count). The van der Waals surface area contributed by atoms with Crippen molar-refractivity contribution in [3.63, 3.8) is 0 Å². The number of nitro groups is 1. The van der Waals surface area contributed by atoms with Crippen LogP contribution in [0.1, 0.15) is 25.7 Å². The Balaban J connectivity index is 1.80. The molecule has 5 nitrogen and oxygen atoms in total. The molecule has 1 saturated heterocycles. The molecule has 126 valence electrons. The molecule has 23 heavy (non-hydrogen) atoms. The van der Waals surface area contributed by atoms with Crippen molar-refractivity contribution in [3.8, 4) is 0 Å². The molecular formula is C16H21F2N3O2. The lowest BCUT2D eigenvalue weighted by Gasteiger charge is -2.43. The van der Waals surface area contributed by atoms with Gasteiger partial charge in [0.25, 0.3) is 11.6 Å². The summed E-state index contributed by atoms with van der Waals surface area (Å²) in [5, 5.41) is 14.4. The van der Waals surface area contributed by atoms with Crippen molar-refractivity contribution < 1.29 is 13.7 Å². The molecule has 2 atom stereocenters. The fraction of sp³-hybridized carbons (Fsp3) is 0.625. The van der Waals surface area contributed by atoms with Crippen LogP contribution in [0.5, 0.6) is 0 Å². The average molecular weight is 325 g/mol. The van der Waals surface area contributed by atoms with Gasteiger partial charge < -0.3 is 10.2 Å². The first-order chi connectivity index (χ1) is 11.0. The third-order valence-corrected chi connectivity index (χ3v) is 4.93. The highest BCUT2D eigenvalue weighted by Crippen LogP contribution is 2.41. The summed E-state index contributed by atoms with van der Waals surface area (Å²) in [7, 11) is 0. The average Bonchev–Trinajstić information content (AvgIpc) is 2.54. The predicted octanol–water partition coefficient (Wildman–Crippen LogP) is 3.20. The number of nitrogens with one attached hydrogen (secondary N) is 1. The Morgan fingerprint density at radius 1 is 1.30 bits per heavy atom. The number of rotatable bonds is 3. The van der Waals surface area contributed by atoms with Crippen molar-refractivity contribution in [3.05, 3.63) is 34.4 Å².